The summed E-state index contributed by atoms with van der Waals surface area (Å²) in [4.78, 5) is 0. The summed E-state index contributed by atoms with van der Waals surface area (Å²) in [5.74, 6) is 0. The molecule has 13 heavy (non-hydrogen) atoms. The summed E-state index contributed by atoms with van der Waals surface area (Å²) in [5.41, 5.74) is 0. The predicted octanol–water partition coefficient (Wildman–Crippen LogP) is 3.71. The molecule has 2 aromatic rings. The molecule has 2 aromatic heterocycles. The smallest absolute Gasteiger partial charge is 0.160 e. The Balaban J connectivity index is 1.76. The molecular weight excluding hydrogens is 204 g/mol. The third kappa shape index (κ3) is 2.60. The SMILES string of the molecule is c1coc(SCSc2ccco2)c1. The van der Waals surface area contributed by atoms with Crippen molar-refractivity contribution in [1.29, 1.82) is 0 Å². The van der Waals surface area contributed by atoms with Crippen LogP contribution in [0.1, 0.15) is 0 Å². The van der Waals surface area contributed by atoms with Gasteiger partial charge in [0.2, 0.25) is 0 Å². The Bertz CT molecular complexity index is 292. The second-order valence-corrected chi connectivity index (χ2v) is 4.60. The Morgan fingerprint density at radius 2 is 1.46 bits per heavy atom. The molecule has 2 nitrogen and oxygen atoms in total. The van der Waals surface area contributed by atoms with E-state index in [0.29, 0.717) is 0 Å². The topological polar surface area (TPSA) is 26.3 Å². The fourth-order valence-electron chi connectivity index (χ4n) is 0.837. The Labute approximate surface area is 84.7 Å². The first-order chi connectivity index (χ1) is 6.45. The van der Waals surface area contributed by atoms with E-state index in [-0.39, 0.29) is 0 Å². The van der Waals surface area contributed by atoms with Gasteiger partial charge < -0.3 is 8.83 Å². The second-order valence-electron chi connectivity index (χ2n) is 2.27. The Morgan fingerprint density at radius 1 is 0.923 bits per heavy atom. The molecule has 0 N–H and O–H groups in total. The van der Waals surface area contributed by atoms with Crippen molar-refractivity contribution in [1.82, 2.24) is 0 Å². The molecule has 2 rings (SSSR count). The molecule has 0 saturated carbocycles. The second kappa shape index (κ2) is 4.48. The van der Waals surface area contributed by atoms with E-state index in [9.17, 15) is 0 Å². The quantitative estimate of drug-likeness (QED) is 0.570. The predicted molar refractivity (Wildman–Crippen MR) is 54.0 cm³/mol. The van der Waals surface area contributed by atoms with Crippen molar-refractivity contribution in [3.8, 4) is 0 Å². The highest BCUT2D eigenvalue weighted by atomic mass is 32.2. The van der Waals surface area contributed by atoms with Crippen LogP contribution in [0.15, 0.2) is 55.8 Å². The Kier molecular flexibility index (Phi) is 3.05. The van der Waals surface area contributed by atoms with Gasteiger partial charge in [0.15, 0.2) is 10.2 Å². The van der Waals surface area contributed by atoms with Crippen LogP contribution >= 0.6 is 23.5 Å². The average molecular weight is 212 g/mol. The van der Waals surface area contributed by atoms with Crippen molar-refractivity contribution in [2.45, 2.75) is 10.2 Å². The van der Waals surface area contributed by atoms with Gasteiger partial charge in [-0.05, 0) is 24.3 Å². The third-order valence-corrected chi connectivity index (χ3v) is 3.37. The number of furan rings is 2. The molecule has 0 unspecified atom stereocenters. The minimum atomic E-state index is 0.904. The van der Waals surface area contributed by atoms with Crippen molar-refractivity contribution >= 4 is 23.5 Å². The van der Waals surface area contributed by atoms with Gasteiger partial charge in [-0.25, -0.2) is 0 Å². The molecule has 0 aliphatic carbocycles. The summed E-state index contributed by atoms with van der Waals surface area (Å²) in [6.45, 7) is 0. The van der Waals surface area contributed by atoms with Gasteiger partial charge in [-0.1, -0.05) is 23.5 Å². The van der Waals surface area contributed by atoms with Gasteiger partial charge in [0.1, 0.15) is 0 Å². The molecule has 0 bridgehead atoms. The molecule has 0 aliphatic rings. The largest absolute Gasteiger partial charge is 0.458 e. The fraction of sp³-hybridized carbons (Fsp3) is 0.111. The van der Waals surface area contributed by atoms with Crippen LogP contribution in [0.2, 0.25) is 0 Å². The van der Waals surface area contributed by atoms with Crippen LogP contribution in [0.4, 0.5) is 0 Å². The van der Waals surface area contributed by atoms with Crippen molar-refractivity contribution in [3.63, 3.8) is 0 Å². The van der Waals surface area contributed by atoms with Gasteiger partial charge in [-0.3, -0.25) is 0 Å². The molecule has 2 heterocycles. The summed E-state index contributed by atoms with van der Waals surface area (Å²) < 4.78 is 10.3. The first kappa shape index (κ1) is 8.84. The van der Waals surface area contributed by atoms with E-state index in [1.165, 1.54) is 0 Å². The van der Waals surface area contributed by atoms with E-state index in [2.05, 4.69) is 0 Å². The van der Waals surface area contributed by atoms with E-state index in [1.807, 2.05) is 24.3 Å². The van der Waals surface area contributed by atoms with E-state index in [4.69, 9.17) is 8.83 Å². The highest BCUT2D eigenvalue weighted by Gasteiger charge is 1.99. The van der Waals surface area contributed by atoms with Crippen LogP contribution in [0.3, 0.4) is 0 Å². The Morgan fingerprint density at radius 3 is 1.85 bits per heavy atom. The van der Waals surface area contributed by atoms with Crippen LogP contribution < -0.4 is 0 Å². The molecule has 0 radical (unpaired) electrons. The van der Waals surface area contributed by atoms with E-state index >= 15 is 0 Å². The maximum Gasteiger partial charge on any atom is 0.160 e. The zero-order valence-electron chi connectivity index (χ0n) is 6.80. The van der Waals surface area contributed by atoms with E-state index < -0.39 is 0 Å². The molecule has 0 aliphatic heterocycles. The Hall–Kier alpha value is -0.740. The zero-order valence-corrected chi connectivity index (χ0v) is 8.44. The van der Waals surface area contributed by atoms with Gasteiger partial charge in [-0.15, -0.1) is 0 Å². The fourth-order valence-corrected chi connectivity index (χ4v) is 2.60. The molecule has 4 heteroatoms. The van der Waals surface area contributed by atoms with Crippen molar-refractivity contribution in [3.05, 3.63) is 36.8 Å². The number of thioether (sulfide) groups is 2. The number of hydrogen-bond acceptors (Lipinski definition) is 4. The third-order valence-electron chi connectivity index (χ3n) is 1.39. The summed E-state index contributed by atoms with van der Waals surface area (Å²) >= 11 is 3.32. The van der Waals surface area contributed by atoms with Crippen molar-refractivity contribution in [2.75, 3.05) is 5.08 Å². The first-order valence-electron chi connectivity index (χ1n) is 3.78. The molecule has 0 atom stereocenters. The molecule has 0 spiro atoms. The molecule has 0 saturated heterocycles. The number of rotatable bonds is 4. The van der Waals surface area contributed by atoms with Gasteiger partial charge in [0, 0.05) is 0 Å². The van der Waals surface area contributed by atoms with Crippen LogP contribution in [0, 0.1) is 0 Å². The van der Waals surface area contributed by atoms with Crippen LogP contribution in [-0.2, 0) is 0 Å². The normalized spacial score (nSPS) is 10.5. The monoisotopic (exact) mass is 212 g/mol. The maximum atomic E-state index is 5.17. The lowest BCUT2D eigenvalue weighted by atomic mass is 10.7. The van der Waals surface area contributed by atoms with Crippen molar-refractivity contribution in [2.24, 2.45) is 0 Å². The minimum absolute atomic E-state index is 0.904. The molecule has 68 valence electrons. The van der Waals surface area contributed by atoms with E-state index in [1.54, 1.807) is 36.1 Å². The standard InChI is InChI=1S/C9H8O2S2/c1-3-8(10-5-1)12-7-13-9-4-2-6-11-9/h1-6H,7H2. The summed E-state index contributed by atoms with van der Waals surface area (Å²) in [6, 6.07) is 7.68. The number of hydrogen-bond donors (Lipinski definition) is 0. The van der Waals surface area contributed by atoms with Gasteiger partial charge in [0.25, 0.3) is 0 Å². The summed E-state index contributed by atoms with van der Waals surface area (Å²) in [7, 11) is 0. The molecule has 0 aromatic carbocycles. The van der Waals surface area contributed by atoms with Crippen LogP contribution in [0.25, 0.3) is 0 Å². The minimum Gasteiger partial charge on any atom is -0.458 e. The highest BCUT2D eigenvalue weighted by molar-refractivity contribution is 8.15. The van der Waals surface area contributed by atoms with Gasteiger partial charge in [0.05, 0.1) is 17.6 Å². The molecule has 0 amide bonds. The highest BCUT2D eigenvalue weighted by Crippen LogP contribution is 2.27. The van der Waals surface area contributed by atoms with Gasteiger partial charge >= 0.3 is 0 Å². The zero-order chi connectivity index (χ0) is 8.93. The van der Waals surface area contributed by atoms with Crippen LogP contribution in [-0.4, -0.2) is 5.08 Å². The van der Waals surface area contributed by atoms with Gasteiger partial charge in [-0.2, -0.15) is 0 Å². The van der Waals surface area contributed by atoms with E-state index in [0.717, 1.165) is 15.3 Å². The van der Waals surface area contributed by atoms with Crippen LogP contribution in [0.5, 0.6) is 0 Å². The first-order valence-corrected chi connectivity index (χ1v) is 5.75. The maximum absolute atomic E-state index is 5.17. The van der Waals surface area contributed by atoms with Crippen molar-refractivity contribution < 1.29 is 8.83 Å². The lowest BCUT2D eigenvalue weighted by molar-refractivity contribution is 0.473. The average Bonchev–Trinajstić information content (AvgIpc) is 2.75. The molecular formula is C9H8O2S2. The summed E-state index contributed by atoms with van der Waals surface area (Å²) in [5, 5.41) is 2.79. The lowest BCUT2D eigenvalue weighted by Crippen LogP contribution is -1.68. The lowest BCUT2D eigenvalue weighted by Gasteiger charge is -1.94. The summed E-state index contributed by atoms with van der Waals surface area (Å²) in [6.07, 6.45) is 3.36. The molecule has 0 fully saturated rings.